The number of halogens is 1. The van der Waals surface area contributed by atoms with E-state index in [0.717, 1.165) is 25.0 Å². The molecule has 6 heteroatoms. The van der Waals surface area contributed by atoms with Crippen molar-refractivity contribution in [3.8, 4) is 0 Å². The molecule has 1 saturated heterocycles. The number of hydrogen-bond acceptors (Lipinski definition) is 3. The lowest BCUT2D eigenvalue weighted by Crippen LogP contribution is -2.32. The largest absolute Gasteiger partial charge is 0.376 e. The van der Waals surface area contributed by atoms with Gasteiger partial charge in [0, 0.05) is 19.6 Å². The summed E-state index contributed by atoms with van der Waals surface area (Å²) in [5, 5.41) is 5.64. The molecule has 142 valence electrons. The Kier molecular flexibility index (Phi) is 6.54. The Balaban J connectivity index is 1.56. The topological polar surface area (TPSA) is 67.4 Å². The number of para-hydroxylation sites is 1. The highest BCUT2D eigenvalue weighted by atomic mass is 19.1. The predicted octanol–water partition coefficient (Wildman–Crippen LogP) is 3.31. The van der Waals surface area contributed by atoms with E-state index >= 15 is 0 Å². The van der Waals surface area contributed by atoms with Gasteiger partial charge in [-0.05, 0) is 49.1 Å². The highest BCUT2D eigenvalue weighted by Crippen LogP contribution is 2.17. The minimum Gasteiger partial charge on any atom is -0.376 e. The predicted molar refractivity (Wildman–Crippen MR) is 101 cm³/mol. The van der Waals surface area contributed by atoms with E-state index < -0.39 is 0 Å². The molecule has 2 amide bonds. The normalized spacial score (nSPS) is 16.1. The van der Waals surface area contributed by atoms with Crippen LogP contribution in [0.2, 0.25) is 0 Å². The highest BCUT2D eigenvalue weighted by molar-refractivity contribution is 6.03. The van der Waals surface area contributed by atoms with E-state index in [1.807, 2.05) is 0 Å². The molecule has 0 bridgehead atoms. The molecule has 1 fully saturated rings. The van der Waals surface area contributed by atoms with Crippen molar-refractivity contribution >= 4 is 17.5 Å². The number of carbonyl (C=O) groups is 2. The number of ether oxygens (including phenoxy) is 1. The molecule has 2 aromatic rings. The number of carbonyl (C=O) groups excluding carboxylic acids is 2. The van der Waals surface area contributed by atoms with Gasteiger partial charge in [-0.25, -0.2) is 4.39 Å². The fourth-order valence-corrected chi connectivity index (χ4v) is 3.06. The van der Waals surface area contributed by atoms with Crippen LogP contribution in [0.3, 0.4) is 0 Å². The molecule has 0 aliphatic carbocycles. The van der Waals surface area contributed by atoms with E-state index in [-0.39, 0.29) is 30.2 Å². The van der Waals surface area contributed by atoms with Gasteiger partial charge in [0.05, 0.1) is 17.4 Å². The summed E-state index contributed by atoms with van der Waals surface area (Å²) in [7, 11) is 0. The van der Waals surface area contributed by atoms with E-state index in [4.69, 9.17) is 4.74 Å². The van der Waals surface area contributed by atoms with Gasteiger partial charge in [0.25, 0.3) is 5.91 Å². The number of aryl methyl sites for hydroxylation is 1. The second-order valence-electron chi connectivity index (χ2n) is 6.57. The lowest BCUT2D eigenvalue weighted by Gasteiger charge is -2.14. The summed E-state index contributed by atoms with van der Waals surface area (Å²) in [5.41, 5.74) is 1.63. The van der Waals surface area contributed by atoms with Gasteiger partial charge in [-0.1, -0.05) is 24.3 Å². The molecule has 1 heterocycles. The molecular formula is C21H23FN2O3. The van der Waals surface area contributed by atoms with Gasteiger partial charge in [0.2, 0.25) is 5.91 Å². The van der Waals surface area contributed by atoms with Crippen LogP contribution in [0.1, 0.15) is 35.2 Å². The summed E-state index contributed by atoms with van der Waals surface area (Å²) in [6.07, 6.45) is 2.64. The molecule has 0 radical (unpaired) electrons. The molecule has 1 atom stereocenters. The van der Waals surface area contributed by atoms with E-state index in [0.29, 0.717) is 24.2 Å². The van der Waals surface area contributed by atoms with Crippen molar-refractivity contribution in [2.24, 2.45) is 0 Å². The summed E-state index contributed by atoms with van der Waals surface area (Å²) >= 11 is 0. The maximum absolute atomic E-state index is 13.2. The maximum Gasteiger partial charge on any atom is 0.253 e. The van der Waals surface area contributed by atoms with Crippen LogP contribution in [0, 0.1) is 5.82 Å². The molecule has 0 aromatic heterocycles. The van der Waals surface area contributed by atoms with Crippen molar-refractivity contribution in [1.82, 2.24) is 5.32 Å². The molecule has 0 saturated carbocycles. The minimum absolute atomic E-state index is 0.0574. The second-order valence-corrected chi connectivity index (χ2v) is 6.57. The van der Waals surface area contributed by atoms with Gasteiger partial charge in [0.1, 0.15) is 5.82 Å². The van der Waals surface area contributed by atoms with Gasteiger partial charge in [-0.15, -0.1) is 0 Å². The summed E-state index contributed by atoms with van der Waals surface area (Å²) < 4.78 is 18.7. The third-order valence-electron chi connectivity index (χ3n) is 4.49. The third kappa shape index (κ3) is 5.62. The highest BCUT2D eigenvalue weighted by Gasteiger charge is 2.18. The Morgan fingerprint density at radius 2 is 2.00 bits per heavy atom. The van der Waals surface area contributed by atoms with E-state index in [2.05, 4.69) is 10.6 Å². The Labute approximate surface area is 157 Å². The molecule has 27 heavy (non-hydrogen) atoms. The average molecular weight is 370 g/mol. The van der Waals surface area contributed by atoms with Crippen LogP contribution in [0.25, 0.3) is 0 Å². The number of rotatable bonds is 7. The van der Waals surface area contributed by atoms with Crippen LogP contribution < -0.4 is 10.6 Å². The smallest absolute Gasteiger partial charge is 0.253 e. The summed E-state index contributed by atoms with van der Waals surface area (Å²) in [6, 6.07) is 13.1. The van der Waals surface area contributed by atoms with Gasteiger partial charge in [-0.2, -0.15) is 0 Å². The van der Waals surface area contributed by atoms with Crippen LogP contribution in [-0.4, -0.2) is 31.1 Å². The van der Waals surface area contributed by atoms with Gasteiger partial charge < -0.3 is 15.4 Å². The minimum atomic E-state index is -0.318. The van der Waals surface area contributed by atoms with Crippen molar-refractivity contribution in [2.45, 2.75) is 31.8 Å². The Morgan fingerprint density at radius 3 is 2.78 bits per heavy atom. The molecule has 1 aliphatic rings. The van der Waals surface area contributed by atoms with E-state index in [1.165, 1.54) is 12.1 Å². The number of amides is 2. The fraction of sp³-hybridized carbons (Fsp3) is 0.333. The second kappa shape index (κ2) is 9.28. The quantitative estimate of drug-likeness (QED) is 0.786. The molecule has 3 rings (SSSR count). The van der Waals surface area contributed by atoms with Crippen molar-refractivity contribution in [3.63, 3.8) is 0 Å². The van der Waals surface area contributed by atoms with E-state index in [1.54, 1.807) is 36.4 Å². The number of benzene rings is 2. The first-order valence-corrected chi connectivity index (χ1v) is 9.15. The lowest BCUT2D eigenvalue weighted by atomic mass is 10.1. The van der Waals surface area contributed by atoms with Crippen LogP contribution in [0.5, 0.6) is 0 Å². The zero-order chi connectivity index (χ0) is 19.1. The first-order valence-electron chi connectivity index (χ1n) is 9.15. The van der Waals surface area contributed by atoms with Crippen molar-refractivity contribution < 1.29 is 18.7 Å². The van der Waals surface area contributed by atoms with Crippen LogP contribution in [0.4, 0.5) is 10.1 Å². The monoisotopic (exact) mass is 370 g/mol. The average Bonchev–Trinajstić information content (AvgIpc) is 3.19. The molecular weight excluding hydrogens is 347 g/mol. The Hall–Kier alpha value is -2.73. The summed E-state index contributed by atoms with van der Waals surface area (Å²) in [5.74, 6) is -0.786. The molecule has 2 aromatic carbocycles. The zero-order valence-electron chi connectivity index (χ0n) is 15.0. The summed E-state index contributed by atoms with van der Waals surface area (Å²) in [6.45, 7) is 1.19. The lowest BCUT2D eigenvalue weighted by molar-refractivity contribution is -0.116. The number of anilines is 1. The fourth-order valence-electron chi connectivity index (χ4n) is 3.06. The Morgan fingerprint density at radius 1 is 1.15 bits per heavy atom. The molecule has 2 N–H and O–H groups in total. The van der Waals surface area contributed by atoms with Gasteiger partial charge in [-0.3, -0.25) is 9.59 Å². The van der Waals surface area contributed by atoms with Gasteiger partial charge >= 0.3 is 0 Å². The molecule has 0 spiro atoms. The SMILES string of the molecule is O=C(CCc1cccc(F)c1)Nc1ccccc1C(=O)NCC1CCCO1. The molecule has 5 nitrogen and oxygen atoms in total. The number of nitrogens with one attached hydrogen (secondary N) is 2. The number of hydrogen-bond donors (Lipinski definition) is 2. The van der Waals surface area contributed by atoms with E-state index in [9.17, 15) is 14.0 Å². The first kappa shape index (κ1) is 19.0. The van der Waals surface area contributed by atoms with Crippen molar-refractivity contribution in [3.05, 3.63) is 65.5 Å². The maximum atomic E-state index is 13.2. The van der Waals surface area contributed by atoms with Crippen molar-refractivity contribution in [2.75, 3.05) is 18.5 Å². The van der Waals surface area contributed by atoms with Crippen LogP contribution in [0.15, 0.2) is 48.5 Å². The Bertz CT molecular complexity index is 804. The molecule has 1 aliphatic heterocycles. The first-order chi connectivity index (χ1) is 13.1. The van der Waals surface area contributed by atoms with Crippen LogP contribution in [-0.2, 0) is 16.0 Å². The molecule has 1 unspecified atom stereocenters. The van der Waals surface area contributed by atoms with Crippen molar-refractivity contribution in [1.29, 1.82) is 0 Å². The third-order valence-corrected chi connectivity index (χ3v) is 4.49. The zero-order valence-corrected chi connectivity index (χ0v) is 15.0. The van der Waals surface area contributed by atoms with Gasteiger partial charge in [0.15, 0.2) is 0 Å². The standard InChI is InChI=1S/C21H23FN2O3/c22-16-6-3-5-15(13-16)10-11-20(25)24-19-9-2-1-8-18(19)21(26)23-14-17-7-4-12-27-17/h1-3,5-6,8-9,13,17H,4,7,10-12,14H2,(H,23,26)(H,24,25). The summed E-state index contributed by atoms with van der Waals surface area (Å²) in [4.78, 5) is 24.7. The van der Waals surface area contributed by atoms with Crippen LogP contribution >= 0.6 is 0 Å².